The second-order valence-corrected chi connectivity index (χ2v) is 6.74. The van der Waals surface area contributed by atoms with Crippen LogP contribution in [-0.4, -0.2) is 34.4 Å². The molecule has 1 aliphatic heterocycles. The number of carbonyl (C=O) groups excluding carboxylic acids is 3. The first-order valence-corrected chi connectivity index (χ1v) is 9.37. The fraction of sp³-hybridized carbons (Fsp3) is 0.0455. The van der Waals surface area contributed by atoms with Crippen molar-refractivity contribution in [2.24, 2.45) is 0 Å². The van der Waals surface area contributed by atoms with Crippen LogP contribution in [-0.2, 0) is 9.59 Å². The van der Waals surface area contributed by atoms with E-state index in [9.17, 15) is 24.5 Å². The van der Waals surface area contributed by atoms with Gasteiger partial charge in [-0.3, -0.25) is 25.0 Å². The second kappa shape index (κ2) is 8.19. The van der Waals surface area contributed by atoms with Gasteiger partial charge in [-0.15, -0.1) is 0 Å². The van der Waals surface area contributed by atoms with Crippen LogP contribution in [0.1, 0.15) is 5.69 Å². The average Bonchev–Trinajstić information content (AvgIpc) is 3.25. The van der Waals surface area contributed by atoms with Crippen molar-refractivity contribution in [2.45, 2.75) is 0 Å². The third-order valence-corrected chi connectivity index (χ3v) is 4.82. The molecule has 2 aromatic carbocycles. The number of urea groups is 1. The summed E-state index contributed by atoms with van der Waals surface area (Å²) in [6.45, 7) is 0. The number of methoxy groups -OCH3 is 1. The van der Waals surface area contributed by atoms with Gasteiger partial charge in [-0.1, -0.05) is 6.07 Å². The molecule has 0 radical (unpaired) electrons. The molecule has 0 spiro atoms. The van der Waals surface area contributed by atoms with Crippen LogP contribution < -0.4 is 15.0 Å². The van der Waals surface area contributed by atoms with E-state index < -0.39 is 22.8 Å². The summed E-state index contributed by atoms with van der Waals surface area (Å²) < 4.78 is 6.67. The Morgan fingerprint density at radius 1 is 1.00 bits per heavy atom. The highest BCUT2D eigenvalue weighted by atomic mass is 16.6. The number of barbiturate groups is 1. The number of nitro groups is 1. The third-order valence-electron chi connectivity index (χ3n) is 4.82. The van der Waals surface area contributed by atoms with Gasteiger partial charge in [0.1, 0.15) is 11.3 Å². The van der Waals surface area contributed by atoms with Crippen LogP contribution in [0.4, 0.5) is 16.2 Å². The maximum atomic E-state index is 13.1. The van der Waals surface area contributed by atoms with Crippen LogP contribution in [0, 0.1) is 10.1 Å². The molecule has 0 unspecified atom stereocenters. The van der Waals surface area contributed by atoms with Crippen LogP contribution in [0.25, 0.3) is 11.8 Å². The van der Waals surface area contributed by atoms with Gasteiger partial charge in [0.25, 0.3) is 17.5 Å². The normalized spacial score (nSPS) is 15.1. The van der Waals surface area contributed by atoms with E-state index in [0.717, 1.165) is 4.90 Å². The van der Waals surface area contributed by atoms with E-state index in [-0.39, 0.29) is 16.9 Å². The monoisotopic (exact) mass is 432 g/mol. The average molecular weight is 432 g/mol. The number of nitrogens with one attached hydrogen (secondary N) is 1. The number of rotatable bonds is 5. The smallest absolute Gasteiger partial charge is 0.335 e. The first-order valence-electron chi connectivity index (χ1n) is 9.37. The van der Waals surface area contributed by atoms with Gasteiger partial charge in [-0.05, 0) is 48.5 Å². The molecule has 4 rings (SSSR count). The third kappa shape index (κ3) is 3.72. The minimum atomic E-state index is -0.864. The van der Waals surface area contributed by atoms with Crippen molar-refractivity contribution in [1.29, 1.82) is 0 Å². The lowest BCUT2D eigenvalue weighted by molar-refractivity contribution is -0.384. The number of non-ortho nitro benzene ring substituents is 1. The zero-order chi connectivity index (χ0) is 22.8. The Balaban J connectivity index is 1.72. The Morgan fingerprint density at radius 3 is 2.44 bits per heavy atom. The van der Waals surface area contributed by atoms with Gasteiger partial charge in [-0.25, -0.2) is 9.69 Å². The number of carbonyl (C=O) groups is 3. The molecule has 2 heterocycles. The zero-order valence-electron chi connectivity index (χ0n) is 16.7. The van der Waals surface area contributed by atoms with E-state index in [1.807, 2.05) is 0 Å². The molecule has 1 fully saturated rings. The molecule has 4 amide bonds. The first kappa shape index (κ1) is 20.5. The molecule has 1 aliphatic rings. The maximum absolute atomic E-state index is 13.1. The van der Waals surface area contributed by atoms with Gasteiger partial charge in [0.15, 0.2) is 0 Å². The minimum Gasteiger partial charge on any atom is -0.497 e. The van der Waals surface area contributed by atoms with Gasteiger partial charge in [0.05, 0.1) is 23.4 Å². The van der Waals surface area contributed by atoms with Gasteiger partial charge in [0.2, 0.25) is 0 Å². The van der Waals surface area contributed by atoms with Crippen LogP contribution in [0.15, 0.2) is 72.4 Å². The topological polar surface area (TPSA) is 124 Å². The fourth-order valence-corrected chi connectivity index (χ4v) is 3.27. The molecule has 0 aliphatic carbocycles. The lowest BCUT2D eigenvalue weighted by Crippen LogP contribution is -2.54. The van der Waals surface area contributed by atoms with E-state index in [0.29, 0.717) is 17.1 Å². The molecule has 3 aromatic rings. The van der Waals surface area contributed by atoms with E-state index in [4.69, 9.17) is 4.74 Å². The number of nitrogens with zero attached hydrogens (tertiary/aromatic N) is 3. The Kier molecular flexibility index (Phi) is 5.25. The molecule has 1 aromatic heterocycles. The summed E-state index contributed by atoms with van der Waals surface area (Å²) in [6.07, 6.45) is 2.97. The molecular formula is C22H16N4O6. The van der Waals surface area contributed by atoms with E-state index in [2.05, 4.69) is 5.32 Å². The number of benzene rings is 2. The lowest BCUT2D eigenvalue weighted by atomic mass is 10.1. The van der Waals surface area contributed by atoms with E-state index >= 15 is 0 Å². The lowest BCUT2D eigenvalue weighted by Gasteiger charge is -2.26. The summed E-state index contributed by atoms with van der Waals surface area (Å²) in [5.41, 5.74) is 0.806. The highest BCUT2D eigenvalue weighted by Crippen LogP contribution is 2.25. The fourth-order valence-electron chi connectivity index (χ4n) is 3.27. The Hall–Kier alpha value is -4.73. The van der Waals surface area contributed by atoms with Crippen LogP contribution in [0.2, 0.25) is 0 Å². The molecule has 10 nitrogen and oxygen atoms in total. The van der Waals surface area contributed by atoms with Crippen molar-refractivity contribution in [3.8, 4) is 11.4 Å². The van der Waals surface area contributed by atoms with Gasteiger partial charge >= 0.3 is 6.03 Å². The van der Waals surface area contributed by atoms with Crippen LogP contribution >= 0.6 is 0 Å². The molecular weight excluding hydrogens is 416 g/mol. The predicted octanol–water partition coefficient (Wildman–Crippen LogP) is 3.06. The van der Waals surface area contributed by atoms with Gasteiger partial charge in [-0.2, -0.15) is 0 Å². The zero-order valence-corrected chi connectivity index (χ0v) is 16.7. The van der Waals surface area contributed by atoms with E-state index in [1.54, 1.807) is 41.1 Å². The molecule has 0 atom stereocenters. The number of amides is 4. The standard InChI is InChI=1S/C22H16N4O6/c1-32-18-9-7-14(8-10-18)25-21(28)19(20(27)23-22(25)29)13-16-6-3-11-24(16)15-4-2-5-17(12-15)26(30)31/h2-13H,1H3,(H,23,27,29)/b19-13+. The first-order chi connectivity index (χ1) is 15.4. The van der Waals surface area contributed by atoms with Crippen molar-refractivity contribution in [3.63, 3.8) is 0 Å². The molecule has 160 valence electrons. The Labute approximate surface area is 181 Å². The number of hydrogen-bond acceptors (Lipinski definition) is 6. The molecule has 0 saturated carbocycles. The van der Waals surface area contributed by atoms with E-state index in [1.165, 1.54) is 43.5 Å². The number of aromatic nitrogens is 1. The van der Waals surface area contributed by atoms with Crippen molar-refractivity contribution < 1.29 is 24.0 Å². The summed E-state index contributed by atoms with van der Waals surface area (Å²) in [4.78, 5) is 49.3. The quantitative estimate of drug-likeness (QED) is 0.286. The SMILES string of the molecule is COc1ccc(N2C(=O)NC(=O)/C(=C\c3cccn3-c3cccc([N+](=O)[O-])c3)C2=O)cc1. The van der Waals surface area contributed by atoms with Crippen molar-refractivity contribution in [1.82, 2.24) is 9.88 Å². The summed E-state index contributed by atoms with van der Waals surface area (Å²) in [7, 11) is 1.49. The molecule has 10 heteroatoms. The number of hydrogen-bond donors (Lipinski definition) is 1. The molecule has 32 heavy (non-hydrogen) atoms. The predicted molar refractivity (Wildman–Crippen MR) is 114 cm³/mol. The van der Waals surface area contributed by atoms with Crippen molar-refractivity contribution >= 4 is 35.3 Å². The summed E-state index contributed by atoms with van der Waals surface area (Å²) in [5, 5.41) is 13.3. The summed E-state index contributed by atoms with van der Waals surface area (Å²) in [6, 6.07) is 14.6. The molecule has 0 bridgehead atoms. The van der Waals surface area contributed by atoms with Crippen LogP contribution in [0.3, 0.4) is 0 Å². The van der Waals surface area contributed by atoms with Crippen molar-refractivity contribution in [3.05, 3.63) is 88.2 Å². The minimum absolute atomic E-state index is 0.0995. The van der Waals surface area contributed by atoms with Gasteiger partial charge in [0, 0.05) is 24.0 Å². The number of anilines is 1. The second-order valence-electron chi connectivity index (χ2n) is 6.74. The largest absolute Gasteiger partial charge is 0.497 e. The Bertz CT molecular complexity index is 1280. The number of nitro benzene ring substituents is 1. The number of ether oxygens (including phenoxy) is 1. The van der Waals surface area contributed by atoms with Crippen LogP contribution in [0.5, 0.6) is 5.75 Å². The maximum Gasteiger partial charge on any atom is 0.335 e. The van der Waals surface area contributed by atoms with Gasteiger partial charge < -0.3 is 9.30 Å². The highest BCUT2D eigenvalue weighted by molar-refractivity contribution is 6.39. The summed E-state index contributed by atoms with van der Waals surface area (Å²) in [5.74, 6) is -1.09. The summed E-state index contributed by atoms with van der Waals surface area (Å²) >= 11 is 0. The van der Waals surface area contributed by atoms with Crippen molar-refractivity contribution in [2.75, 3.05) is 12.0 Å². The molecule has 1 saturated heterocycles. The Morgan fingerprint density at radius 2 is 1.75 bits per heavy atom. The number of imide groups is 2. The molecule has 1 N–H and O–H groups in total. The highest BCUT2D eigenvalue weighted by Gasteiger charge is 2.37.